The van der Waals surface area contributed by atoms with Crippen molar-refractivity contribution in [3.8, 4) is 0 Å². The second kappa shape index (κ2) is 5.74. The third-order valence-corrected chi connectivity index (χ3v) is 8.24. The summed E-state index contributed by atoms with van der Waals surface area (Å²) in [5.41, 5.74) is 1.79. The number of fused-ring (bicyclic) bond motifs is 1. The average molecular weight is 354 g/mol. The van der Waals surface area contributed by atoms with Crippen LogP contribution in [0.5, 0.6) is 0 Å². The van der Waals surface area contributed by atoms with Gasteiger partial charge in [0.25, 0.3) is 0 Å². The molecule has 3 aliphatic carbocycles. The summed E-state index contributed by atoms with van der Waals surface area (Å²) in [7, 11) is -3.27. The highest BCUT2D eigenvalue weighted by Crippen LogP contribution is 2.59. The van der Waals surface area contributed by atoms with E-state index in [2.05, 4.69) is 19.9 Å². The van der Waals surface area contributed by atoms with Gasteiger partial charge >= 0.3 is 5.97 Å². The van der Waals surface area contributed by atoms with Gasteiger partial charge in [0.05, 0.1) is 6.61 Å². The molecule has 126 valence electrons. The van der Waals surface area contributed by atoms with Gasteiger partial charge in [0.2, 0.25) is 0 Å². The molecule has 6 heteroatoms. The number of thiophene rings is 1. The molecular formula is C17H22O4S2. The van der Waals surface area contributed by atoms with E-state index in [4.69, 9.17) is 4.74 Å². The summed E-state index contributed by atoms with van der Waals surface area (Å²) in [6.45, 7) is 5.00. The largest absolute Gasteiger partial charge is 0.461 e. The number of hydrogen-bond donors (Lipinski definition) is 0. The summed E-state index contributed by atoms with van der Waals surface area (Å²) >= 11 is 0.965. The number of carbonyl (C=O) groups is 1. The number of esters is 1. The molecule has 23 heavy (non-hydrogen) atoms. The van der Waals surface area contributed by atoms with Gasteiger partial charge in [0.1, 0.15) is 9.09 Å². The minimum Gasteiger partial charge on any atom is -0.461 e. The quantitative estimate of drug-likeness (QED) is 0.598. The van der Waals surface area contributed by atoms with Crippen LogP contribution >= 0.6 is 11.3 Å². The van der Waals surface area contributed by atoms with Crippen molar-refractivity contribution in [2.24, 2.45) is 17.3 Å². The summed E-state index contributed by atoms with van der Waals surface area (Å²) in [5.74, 6) is 0.991. The topological polar surface area (TPSA) is 60.4 Å². The van der Waals surface area contributed by atoms with Crippen LogP contribution in [-0.2, 0) is 14.6 Å². The minimum absolute atomic E-state index is 0.196. The Kier molecular flexibility index (Phi) is 4.17. The van der Waals surface area contributed by atoms with Crippen molar-refractivity contribution in [1.29, 1.82) is 0 Å². The van der Waals surface area contributed by atoms with Crippen LogP contribution in [0.15, 0.2) is 28.0 Å². The fraction of sp³-hybridized carbons (Fsp3) is 0.588. The maximum absolute atomic E-state index is 12.0. The van der Waals surface area contributed by atoms with Gasteiger partial charge < -0.3 is 4.74 Å². The molecular weight excluding hydrogens is 332 g/mol. The van der Waals surface area contributed by atoms with Gasteiger partial charge in [-0.1, -0.05) is 25.5 Å². The highest BCUT2D eigenvalue weighted by Gasteiger charge is 2.50. The second-order valence-electron chi connectivity index (χ2n) is 7.10. The molecule has 0 aliphatic heterocycles. The van der Waals surface area contributed by atoms with Crippen LogP contribution in [0.1, 0.15) is 42.8 Å². The van der Waals surface area contributed by atoms with Crippen molar-refractivity contribution in [3.63, 3.8) is 0 Å². The van der Waals surface area contributed by atoms with Crippen LogP contribution in [0.4, 0.5) is 0 Å². The zero-order valence-corrected chi connectivity index (χ0v) is 15.3. The first-order chi connectivity index (χ1) is 10.7. The Morgan fingerprint density at radius 1 is 1.39 bits per heavy atom. The van der Waals surface area contributed by atoms with Gasteiger partial charge in [0.15, 0.2) is 9.84 Å². The van der Waals surface area contributed by atoms with Crippen molar-refractivity contribution >= 4 is 27.1 Å². The number of ether oxygens (including phenoxy) is 1. The van der Waals surface area contributed by atoms with Crippen LogP contribution in [-0.4, -0.2) is 27.2 Å². The van der Waals surface area contributed by atoms with E-state index in [-0.39, 0.29) is 4.21 Å². The third-order valence-electron chi connectivity index (χ3n) is 5.35. The van der Waals surface area contributed by atoms with Gasteiger partial charge in [-0.05, 0) is 42.2 Å². The number of sulfone groups is 1. The first kappa shape index (κ1) is 16.7. The van der Waals surface area contributed by atoms with Crippen molar-refractivity contribution in [3.05, 3.63) is 28.7 Å². The minimum atomic E-state index is -3.27. The molecule has 1 aromatic rings. The summed E-state index contributed by atoms with van der Waals surface area (Å²) < 4.78 is 28.4. The van der Waals surface area contributed by atoms with Crippen molar-refractivity contribution in [1.82, 2.24) is 0 Å². The second-order valence-corrected chi connectivity index (χ2v) is 10.4. The van der Waals surface area contributed by atoms with Crippen LogP contribution in [0, 0.1) is 17.3 Å². The Morgan fingerprint density at radius 2 is 2.13 bits per heavy atom. The predicted octanol–water partition coefficient (Wildman–Crippen LogP) is 3.69. The molecule has 0 N–H and O–H groups in total. The molecule has 1 heterocycles. The Balaban J connectivity index is 1.54. The van der Waals surface area contributed by atoms with Gasteiger partial charge in [-0.25, -0.2) is 13.2 Å². The van der Waals surface area contributed by atoms with E-state index in [9.17, 15) is 13.2 Å². The Labute approximate surface area is 141 Å². The van der Waals surface area contributed by atoms with Crippen LogP contribution in [0.2, 0.25) is 0 Å². The third kappa shape index (κ3) is 3.11. The highest BCUT2D eigenvalue weighted by molar-refractivity contribution is 7.92. The van der Waals surface area contributed by atoms with Crippen molar-refractivity contribution in [2.45, 2.75) is 37.3 Å². The van der Waals surface area contributed by atoms with Gasteiger partial charge in [-0.3, -0.25) is 0 Å². The van der Waals surface area contributed by atoms with E-state index in [1.165, 1.54) is 24.1 Å². The van der Waals surface area contributed by atoms with Gasteiger partial charge in [-0.2, -0.15) is 0 Å². The molecule has 0 unspecified atom stereocenters. The van der Waals surface area contributed by atoms with Crippen molar-refractivity contribution < 1.29 is 17.9 Å². The zero-order valence-electron chi connectivity index (χ0n) is 13.7. The van der Waals surface area contributed by atoms with Gasteiger partial charge in [-0.15, -0.1) is 11.3 Å². The summed E-state index contributed by atoms with van der Waals surface area (Å²) in [6.07, 6.45) is 6.61. The fourth-order valence-electron chi connectivity index (χ4n) is 3.72. The maximum atomic E-state index is 12.0. The van der Waals surface area contributed by atoms with Crippen LogP contribution in [0.25, 0.3) is 0 Å². The SMILES string of the molecule is CC1(C)[C@H]2CC=C(CCOC(=O)c3ccc(S(C)(=O)=O)s3)[C@@H]1C2. The summed E-state index contributed by atoms with van der Waals surface area (Å²) in [4.78, 5) is 12.4. The highest BCUT2D eigenvalue weighted by atomic mass is 32.2. The zero-order chi connectivity index (χ0) is 16.8. The molecule has 0 spiro atoms. The number of hydrogen-bond acceptors (Lipinski definition) is 5. The van der Waals surface area contributed by atoms with E-state index < -0.39 is 15.8 Å². The number of carbonyl (C=O) groups excluding carboxylic acids is 1. The first-order valence-corrected chi connectivity index (χ1v) is 10.6. The smallest absolute Gasteiger partial charge is 0.348 e. The monoisotopic (exact) mass is 354 g/mol. The van der Waals surface area contributed by atoms with Crippen LogP contribution < -0.4 is 0 Å². The first-order valence-electron chi connectivity index (χ1n) is 7.85. The lowest BCUT2D eigenvalue weighted by Crippen LogP contribution is -2.48. The molecule has 0 aromatic carbocycles. The Morgan fingerprint density at radius 3 is 2.70 bits per heavy atom. The lowest BCUT2D eigenvalue weighted by Gasteiger charge is -2.56. The molecule has 1 fully saturated rings. The van der Waals surface area contributed by atoms with Crippen molar-refractivity contribution in [2.75, 3.05) is 12.9 Å². The molecule has 0 amide bonds. The maximum Gasteiger partial charge on any atom is 0.348 e. The molecule has 0 radical (unpaired) electrons. The standard InChI is InChI=1S/C17H22O4S2/c1-17(2)12-5-4-11(13(17)10-12)8-9-21-16(18)14-6-7-15(22-14)23(3,19)20/h4,6-7,12-13H,5,8-10H2,1-3H3/t12-,13-/m0/s1. The molecule has 1 aromatic heterocycles. The molecule has 1 saturated carbocycles. The Hall–Kier alpha value is -1.14. The fourth-order valence-corrected chi connectivity index (χ4v) is 5.54. The Bertz CT molecular complexity index is 755. The lowest BCUT2D eigenvalue weighted by molar-refractivity contribution is -0.0103. The van der Waals surface area contributed by atoms with Crippen LogP contribution in [0.3, 0.4) is 0 Å². The van der Waals surface area contributed by atoms with E-state index in [1.54, 1.807) is 0 Å². The van der Waals surface area contributed by atoms with E-state index in [0.717, 1.165) is 36.4 Å². The van der Waals surface area contributed by atoms with E-state index >= 15 is 0 Å². The molecule has 4 rings (SSSR count). The molecule has 2 bridgehead atoms. The van der Waals surface area contributed by atoms with Gasteiger partial charge in [0, 0.05) is 12.7 Å². The number of rotatable bonds is 5. The molecule has 4 nitrogen and oxygen atoms in total. The number of allylic oxidation sites excluding steroid dienone is 1. The normalized spacial score (nSPS) is 25.4. The van der Waals surface area contributed by atoms with E-state index in [0.29, 0.717) is 22.8 Å². The molecule has 3 aliphatic rings. The average Bonchev–Trinajstić information content (AvgIpc) is 2.97. The summed E-state index contributed by atoms with van der Waals surface area (Å²) in [6, 6.07) is 2.97. The van der Waals surface area contributed by atoms with E-state index in [1.807, 2.05) is 0 Å². The lowest BCUT2D eigenvalue weighted by atomic mass is 9.48. The summed E-state index contributed by atoms with van der Waals surface area (Å²) in [5, 5.41) is 0. The molecule has 2 atom stereocenters. The predicted molar refractivity (Wildman–Crippen MR) is 90.4 cm³/mol. The molecule has 0 saturated heterocycles.